The molecule has 0 aliphatic rings. The van der Waals surface area contributed by atoms with Gasteiger partial charge in [-0.15, -0.1) is 11.3 Å². The van der Waals surface area contributed by atoms with Gasteiger partial charge in [-0.2, -0.15) is 0 Å². The molecule has 1 aromatic heterocycles. The van der Waals surface area contributed by atoms with Crippen molar-refractivity contribution in [2.45, 2.75) is 0 Å². The summed E-state index contributed by atoms with van der Waals surface area (Å²) < 4.78 is 4.40. The molecule has 12 heavy (non-hydrogen) atoms. The van der Waals surface area contributed by atoms with Crippen molar-refractivity contribution in [3.63, 3.8) is 0 Å². The average molecular weight is 187 g/mol. The molecule has 0 radical (unpaired) electrons. The van der Waals surface area contributed by atoms with Crippen LogP contribution in [0.3, 0.4) is 0 Å². The van der Waals surface area contributed by atoms with Crippen LogP contribution in [-0.2, 0) is 9.59 Å². The van der Waals surface area contributed by atoms with E-state index in [9.17, 15) is 9.59 Å². The van der Waals surface area contributed by atoms with Crippen LogP contribution in [0.25, 0.3) is 0 Å². The second-order valence-corrected chi connectivity index (χ2v) is 2.74. The molecule has 64 valence electrons. The Labute approximate surface area is 71.4 Å². The zero-order chi connectivity index (χ0) is 9.14. The van der Waals surface area contributed by atoms with Crippen LogP contribution >= 0.6 is 11.3 Å². The van der Waals surface area contributed by atoms with Gasteiger partial charge >= 0.3 is 11.9 Å². The molecule has 0 fully saturated rings. The van der Waals surface area contributed by atoms with Gasteiger partial charge in [0.05, 0.1) is 5.69 Å². The third-order valence-corrected chi connectivity index (χ3v) is 1.82. The fraction of sp³-hybridized carbons (Fsp3) is 0. The van der Waals surface area contributed by atoms with Crippen LogP contribution in [0.1, 0.15) is 0 Å². The number of anilines is 1. The van der Waals surface area contributed by atoms with Gasteiger partial charge in [-0.05, 0) is 11.4 Å². The molecule has 1 aromatic rings. The largest absolute Gasteiger partial charge is 0.473 e. The van der Waals surface area contributed by atoms with E-state index in [-0.39, 0.29) is 10.8 Å². The molecule has 0 spiro atoms. The van der Waals surface area contributed by atoms with Crippen molar-refractivity contribution in [1.82, 2.24) is 0 Å². The normalized spacial score (nSPS) is 9.33. The zero-order valence-corrected chi connectivity index (χ0v) is 6.63. The van der Waals surface area contributed by atoms with Crippen LogP contribution in [-0.4, -0.2) is 17.0 Å². The number of aliphatic carboxylic acids is 1. The molecule has 5 nitrogen and oxygen atoms in total. The second-order valence-electron chi connectivity index (χ2n) is 1.86. The number of hydrogen-bond donors (Lipinski definition) is 2. The molecular formula is C6H5NO4S. The lowest BCUT2D eigenvalue weighted by Crippen LogP contribution is -2.19. The fourth-order valence-corrected chi connectivity index (χ4v) is 1.18. The van der Waals surface area contributed by atoms with Crippen molar-refractivity contribution in [3.05, 3.63) is 11.4 Å². The summed E-state index contributed by atoms with van der Waals surface area (Å²) in [6.07, 6.45) is 0. The zero-order valence-electron chi connectivity index (χ0n) is 5.81. The number of nitrogens with two attached hydrogens (primary N) is 1. The minimum atomic E-state index is -1.64. The Morgan fingerprint density at radius 2 is 2.25 bits per heavy atom. The standard InChI is InChI=1S/C6H5NO4S/c7-3-1-2-12-6(3)11-5(10)4(8)9/h1-2H,7H2,(H,8,9). The maximum atomic E-state index is 10.5. The number of rotatable bonds is 1. The van der Waals surface area contributed by atoms with Crippen molar-refractivity contribution >= 4 is 29.0 Å². The first-order chi connectivity index (χ1) is 5.61. The van der Waals surface area contributed by atoms with Gasteiger partial charge in [0, 0.05) is 0 Å². The number of nitrogen functional groups attached to an aromatic ring is 1. The van der Waals surface area contributed by atoms with E-state index in [1.807, 2.05) is 0 Å². The summed E-state index contributed by atoms with van der Waals surface area (Å²) in [5.41, 5.74) is 5.59. The maximum Gasteiger partial charge on any atom is 0.423 e. The second kappa shape index (κ2) is 3.22. The molecule has 0 aliphatic carbocycles. The number of hydrogen-bond acceptors (Lipinski definition) is 5. The number of thiophene rings is 1. The van der Waals surface area contributed by atoms with Crippen LogP contribution < -0.4 is 10.5 Å². The third-order valence-electron chi connectivity index (χ3n) is 1.02. The predicted molar refractivity (Wildman–Crippen MR) is 42.0 cm³/mol. The van der Waals surface area contributed by atoms with Crippen molar-refractivity contribution in [2.24, 2.45) is 0 Å². The summed E-state index contributed by atoms with van der Waals surface area (Å²) in [5, 5.41) is 9.87. The van der Waals surface area contributed by atoms with Gasteiger partial charge in [-0.25, -0.2) is 9.59 Å². The number of carboxylic acids is 1. The van der Waals surface area contributed by atoms with Gasteiger partial charge in [0.15, 0.2) is 0 Å². The summed E-state index contributed by atoms with van der Waals surface area (Å²) in [5.74, 6) is -2.97. The summed E-state index contributed by atoms with van der Waals surface area (Å²) in [7, 11) is 0. The lowest BCUT2D eigenvalue weighted by atomic mass is 10.5. The van der Waals surface area contributed by atoms with Crippen LogP contribution in [0.5, 0.6) is 5.06 Å². The lowest BCUT2D eigenvalue weighted by Gasteiger charge is -1.96. The van der Waals surface area contributed by atoms with E-state index in [0.717, 1.165) is 11.3 Å². The van der Waals surface area contributed by atoms with Crippen molar-refractivity contribution < 1.29 is 19.4 Å². The van der Waals surface area contributed by atoms with Crippen LogP contribution in [0.15, 0.2) is 11.4 Å². The summed E-state index contributed by atoms with van der Waals surface area (Å²) in [4.78, 5) is 20.5. The summed E-state index contributed by atoms with van der Waals surface area (Å²) in [6, 6.07) is 1.52. The van der Waals surface area contributed by atoms with E-state index in [2.05, 4.69) is 4.74 Å². The summed E-state index contributed by atoms with van der Waals surface area (Å²) >= 11 is 1.06. The highest BCUT2D eigenvalue weighted by Gasteiger charge is 2.16. The molecule has 0 bridgehead atoms. The molecule has 0 aromatic carbocycles. The quantitative estimate of drug-likeness (QED) is 0.488. The van der Waals surface area contributed by atoms with E-state index in [0.29, 0.717) is 0 Å². The van der Waals surface area contributed by atoms with Crippen molar-refractivity contribution in [3.8, 4) is 5.06 Å². The van der Waals surface area contributed by atoms with Gasteiger partial charge in [0.25, 0.3) is 0 Å². The van der Waals surface area contributed by atoms with E-state index in [1.54, 1.807) is 5.38 Å². The highest BCUT2D eigenvalue weighted by Crippen LogP contribution is 2.27. The fourth-order valence-electron chi connectivity index (χ4n) is 0.516. The molecular weight excluding hydrogens is 182 g/mol. The first-order valence-corrected chi connectivity index (χ1v) is 3.77. The Morgan fingerprint density at radius 1 is 1.58 bits per heavy atom. The van der Waals surface area contributed by atoms with Crippen LogP contribution in [0, 0.1) is 0 Å². The van der Waals surface area contributed by atoms with E-state index < -0.39 is 11.9 Å². The van der Waals surface area contributed by atoms with Gasteiger partial charge in [0.2, 0.25) is 5.06 Å². The molecule has 0 aliphatic heterocycles. The first-order valence-electron chi connectivity index (χ1n) is 2.89. The number of carboxylic acid groups (broad SMARTS) is 1. The van der Waals surface area contributed by atoms with Gasteiger partial charge in [-0.3, -0.25) is 0 Å². The van der Waals surface area contributed by atoms with Gasteiger partial charge in [-0.1, -0.05) is 0 Å². The molecule has 6 heteroatoms. The highest BCUT2D eigenvalue weighted by atomic mass is 32.1. The molecule has 1 heterocycles. The third kappa shape index (κ3) is 1.73. The van der Waals surface area contributed by atoms with E-state index in [1.165, 1.54) is 6.07 Å². The number of esters is 1. The first kappa shape index (κ1) is 8.54. The molecule has 0 saturated carbocycles. The average Bonchev–Trinajstić information content (AvgIpc) is 2.36. The Kier molecular flexibility index (Phi) is 2.29. The minimum Gasteiger partial charge on any atom is -0.473 e. The molecule has 0 amide bonds. The Hall–Kier alpha value is -1.56. The minimum absolute atomic E-state index is 0.113. The molecule has 0 saturated heterocycles. The smallest absolute Gasteiger partial charge is 0.423 e. The number of ether oxygens (including phenoxy) is 1. The Morgan fingerprint density at radius 3 is 2.67 bits per heavy atom. The topological polar surface area (TPSA) is 89.6 Å². The Bertz CT molecular complexity index is 319. The van der Waals surface area contributed by atoms with Gasteiger partial charge in [0.1, 0.15) is 0 Å². The number of carbonyl (C=O) groups excluding carboxylic acids is 1. The SMILES string of the molecule is Nc1ccsc1OC(=O)C(=O)O. The number of carbonyl (C=O) groups is 2. The van der Waals surface area contributed by atoms with Crippen LogP contribution in [0.2, 0.25) is 0 Å². The molecule has 0 atom stereocenters. The lowest BCUT2D eigenvalue weighted by molar-refractivity contribution is -0.157. The Balaban J connectivity index is 2.71. The maximum absolute atomic E-state index is 10.5. The van der Waals surface area contributed by atoms with E-state index in [4.69, 9.17) is 10.8 Å². The molecule has 1 rings (SSSR count). The monoisotopic (exact) mass is 187 g/mol. The molecule has 0 unspecified atom stereocenters. The van der Waals surface area contributed by atoms with E-state index >= 15 is 0 Å². The predicted octanol–water partition coefficient (Wildman–Crippen LogP) is 0.320. The van der Waals surface area contributed by atoms with Gasteiger partial charge < -0.3 is 15.6 Å². The highest BCUT2D eigenvalue weighted by molar-refractivity contribution is 7.12. The van der Waals surface area contributed by atoms with Crippen molar-refractivity contribution in [2.75, 3.05) is 5.73 Å². The van der Waals surface area contributed by atoms with Crippen LogP contribution in [0.4, 0.5) is 5.69 Å². The molecule has 3 N–H and O–H groups in total. The summed E-state index contributed by atoms with van der Waals surface area (Å²) in [6.45, 7) is 0. The van der Waals surface area contributed by atoms with Crippen molar-refractivity contribution in [1.29, 1.82) is 0 Å².